The molecule has 4 heteroatoms. The Morgan fingerprint density at radius 2 is 2.17 bits per heavy atom. The number of para-hydroxylation sites is 1. The minimum absolute atomic E-state index is 0.628. The van der Waals surface area contributed by atoms with Crippen LogP contribution in [-0.2, 0) is 20.0 Å². The number of benzene rings is 1. The number of fused-ring (bicyclic) bond motifs is 1. The van der Waals surface area contributed by atoms with E-state index in [1.165, 1.54) is 43.4 Å². The lowest BCUT2D eigenvalue weighted by Crippen LogP contribution is -2.39. The standard InChI is InChI=1S/C20H25N3O/c1-22-13-11-21-20(22)10-9-17-7-4-5-12-23(17)15-18-14-16-6-2-3-8-19(16)24-18/h2-3,6,8,11,13-14,17H,4-5,7,9-10,12,15H2,1H3/t17-/m0/s1. The molecular formula is C20H25N3O. The number of aromatic nitrogens is 2. The van der Waals surface area contributed by atoms with Crippen molar-refractivity contribution in [2.75, 3.05) is 6.54 Å². The third-order valence-electron chi connectivity index (χ3n) is 5.21. The van der Waals surface area contributed by atoms with Crippen LogP contribution in [0.1, 0.15) is 37.3 Å². The maximum absolute atomic E-state index is 6.03. The number of hydrogen-bond acceptors (Lipinski definition) is 3. The molecule has 4 nitrogen and oxygen atoms in total. The zero-order chi connectivity index (χ0) is 16.4. The average Bonchev–Trinajstić information content (AvgIpc) is 3.19. The Hall–Kier alpha value is -2.07. The zero-order valence-corrected chi connectivity index (χ0v) is 14.3. The van der Waals surface area contributed by atoms with Gasteiger partial charge < -0.3 is 8.98 Å². The summed E-state index contributed by atoms with van der Waals surface area (Å²) in [6, 6.07) is 11.1. The Bertz CT molecular complexity index is 771. The molecule has 0 radical (unpaired) electrons. The van der Waals surface area contributed by atoms with Crippen molar-refractivity contribution in [3.8, 4) is 0 Å². The van der Waals surface area contributed by atoms with Crippen LogP contribution in [0.15, 0.2) is 47.1 Å². The first kappa shape index (κ1) is 15.5. The zero-order valence-electron chi connectivity index (χ0n) is 14.3. The molecule has 3 heterocycles. The molecule has 1 aliphatic rings. The molecule has 0 saturated carbocycles. The molecular weight excluding hydrogens is 298 g/mol. The smallest absolute Gasteiger partial charge is 0.134 e. The van der Waals surface area contributed by atoms with Gasteiger partial charge in [0.15, 0.2) is 0 Å². The maximum Gasteiger partial charge on any atom is 0.134 e. The third kappa shape index (κ3) is 3.24. The van der Waals surface area contributed by atoms with Crippen LogP contribution in [0, 0.1) is 0 Å². The van der Waals surface area contributed by atoms with E-state index in [2.05, 4.69) is 39.7 Å². The minimum atomic E-state index is 0.628. The van der Waals surface area contributed by atoms with Gasteiger partial charge in [0.2, 0.25) is 0 Å². The number of nitrogens with zero attached hydrogens (tertiary/aromatic N) is 3. The molecule has 0 aliphatic carbocycles. The van der Waals surface area contributed by atoms with Gasteiger partial charge in [0.05, 0.1) is 6.54 Å². The highest BCUT2D eigenvalue weighted by Crippen LogP contribution is 2.26. The second-order valence-corrected chi connectivity index (χ2v) is 6.86. The number of hydrogen-bond donors (Lipinski definition) is 0. The number of likely N-dealkylation sites (tertiary alicyclic amines) is 1. The van der Waals surface area contributed by atoms with Crippen molar-refractivity contribution in [1.29, 1.82) is 0 Å². The van der Waals surface area contributed by atoms with E-state index in [1.807, 2.05) is 24.5 Å². The first-order valence-corrected chi connectivity index (χ1v) is 8.97. The van der Waals surface area contributed by atoms with E-state index in [9.17, 15) is 0 Å². The highest BCUT2D eigenvalue weighted by atomic mass is 16.3. The van der Waals surface area contributed by atoms with Gasteiger partial charge in [-0.05, 0) is 37.9 Å². The number of imidazole rings is 1. The van der Waals surface area contributed by atoms with Crippen LogP contribution in [-0.4, -0.2) is 27.0 Å². The molecule has 24 heavy (non-hydrogen) atoms. The first-order chi connectivity index (χ1) is 11.8. The Kier molecular flexibility index (Phi) is 4.39. The molecule has 2 aromatic heterocycles. The molecule has 1 aromatic carbocycles. The topological polar surface area (TPSA) is 34.2 Å². The predicted octanol–water partition coefficient (Wildman–Crippen LogP) is 4.15. The van der Waals surface area contributed by atoms with Crippen LogP contribution in [0.4, 0.5) is 0 Å². The fourth-order valence-corrected chi connectivity index (χ4v) is 3.84. The van der Waals surface area contributed by atoms with Crippen LogP contribution in [0.5, 0.6) is 0 Å². The van der Waals surface area contributed by atoms with Crippen molar-refractivity contribution >= 4 is 11.0 Å². The predicted molar refractivity (Wildman–Crippen MR) is 95.8 cm³/mol. The summed E-state index contributed by atoms with van der Waals surface area (Å²) in [6.45, 7) is 2.09. The van der Waals surface area contributed by atoms with E-state index in [0.29, 0.717) is 6.04 Å². The van der Waals surface area contributed by atoms with Crippen molar-refractivity contribution < 1.29 is 4.42 Å². The van der Waals surface area contributed by atoms with Crippen LogP contribution in [0.25, 0.3) is 11.0 Å². The van der Waals surface area contributed by atoms with Gasteiger partial charge in [-0.15, -0.1) is 0 Å². The summed E-state index contributed by atoms with van der Waals surface area (Å²) in [7, 11) is 2.08. The van der Waals surface area contributed by atoms with Gasteiger partial charge in [0.1, 0.15) is 17.2 Å². The van der Waals surface area contributed by atoms with Gasteiger partial charge in [-0.3, -0.25) is 4.90 Å². The van der Waals surface area contributed by atoms with Crippen LogP contribution in [0.3, 0.4) is 0 Å². The van der Waals surface area contributed by atoms with Crippen molar-refractivity contribution in [3.63, 3.8) is 0 Å². The molecule has 4 rings (SSSR count). The largest absolute Gasteiger partial charge is 0.460 e. The van der Waals surface area contributed by atoms with Crippen LogP contribution >= 0.6 is 0 Å². The third-order valence-corrected chi connectivity index (χ3v) is 5.21. The number of piperidine rings is 1. The molecule has 0 spiro atoms. The second kappa shape index (κ2) is 6.81. The van der Waals surface area contributed by atoms with E-state index in [4.69, 9.17) is 4.42 Å². The molecule has 1 atom stereocenters. The van der Waals surface area contributed by atoms with E-state index in [-0.39, 0.29) is 0 Å². The summed E-state index contributed by atoms with van der Waals surface area (Å²) in [5.41, 5.74) is 0.995. The molecule has 0 N–H and O–H groups in total. The molecule has 0 amide bonds. The summed E-state index contributed by atoms with van der Waals surface area (Å²) in [6.07, 6.45) is 10.0. The van der Waals surface area contributed by atoms with Crippen molar-refractivity contribution in [1.82, 2.24) is 14.5 Å². The monoisotopic (exact) mass is 323 g/mol. The van der Waals surface area contributed by atoms with Gasteiger partial charge in [-0.25, -0.2) is 4.98 Å². The van der Waals surface area contributed by atoms with Crippen molar-refractivity contribution in [3.05, 3.63) is 54.3 Å². The molecule has 0 unspecified atom stereocenters. The quantitative estimate of drug-likeness (QED) is 0.707. The van der Waals surface area contributed by atoms with Gasteiger partial charge >= 0.3 is 0 Å². The lowest BCUT2D eigenvalue weighted by molar-refractivity contribution is 0.123. The highest BCUT2D eigenvalue weighted by Gasteiger charge is 2.23. The van der Waals surface area contributed by atoms with Gasteiger partial charge in [0.25, 0.3) is 0 Å². The fraction of sp³-hybridized carbons (Fsp3) is 0.450. The average molecular weight is 323 g/mol. The van der Waals surface area contributed by atoms with Gasteiger partial charge in [0, 0.05) is 37.3 Å². The summed E-state index contributed by atoms with van der Waals surface area (Å²) in [5.74, 6) is 2.27. The minimum Gasteiger partial charge on any atom is -0.460 e. The fourth-order valence-electron chi connectivity index (χ4n) is 3.84. The molecule has 0 bridgehead atoms. The molecule has 1 aliphatic heterocycles. The van der Waals surface area contributed by atoms with Crippen molar-refractivity contribution in [2.24, 2.45) is 7.05 Å². The van der Waals surface area contributed by atoms with Crippen LogP contribution in [0.2, 0.25) is 0 Å². The normalized spacial score (nSPS) is 19.1. The first-order valence-electron chi connectivity index (χ1n) is 8.97. The highest BCUT2D eigenvalue weighted by molar-refractivity contribution is 5.77. The Balaban J connectivity index is 1.44. The molecule has 126 valence electrons. The lowest BCUT2D eigenvalue weighted by Gasteiger charge is -2.35. The summed E-state index contributed by atoms with van der Waals surface area (Å²) < 4.78 is 8.16. The summed E-state index contributed by atoms with van der Waals surface area (Å²) in [5, 5.41) is 1.20. The van der Waals surface area contributed by atoms with E-state index in [1.54, 1.807) is 0 Å². The number of furan rings is 1. The SMILES string of the molecule is Cn1ccnc1CC[C@@H]1CCCCN1Cc1cc2ccccc2o1. The summed E-state index contributed by atoms with van der Waals surface area (Å²) >= 11 is 0. The lowest BCUT2D eigenvalue weighted by atomic mass is 9.97. The number of rotatable bonds is 5. The van der Waals surface area contributed by atoms with Crippen molar-refractivity contribution in [2.45, 2.75) is 44.7 Å². The van der Waals surface area contributed by atoms with Gasteiger partial charge in [-0.1, -0.05) is 24.6 Å². The molecule has 3 aromatic rings. The van der Waals surface area contributed by atoms with Crippen LogP contribution < -0.4 is 0 Å². The van der Waals surface area contributed by atoms with E-state index in [0.717, 1.165) is 24.3 Å². The molecule has 1 fully saturated rings. The second-order valence-electron chi connectivity index (χ2n) is 6.86. The Morgan fingerprint density at radius 3 is 3.00 bits per heavy atom. The van der Waals surface area contributed by atoms with E-state index >= 15 is 0 Å². The van der Waals surface area contributed by atoms with E-state index < -0.39 is 0 Å². The maximum atomic E-state index is 6.03. The molecule has 1 saturated heterocycles. The number of aryl methyl sites for hydroxylation is 2. The Labute approximate surface area is 143 Å². The Morgan fingerprint density at radius 1 is 1.25 bits per heavy atom. The van der Waals surface area contributed by atoms with Gasteiger partial charge in [-0.2, -0.15) is 0 Å². The summed E-state index contributed by atoms with van der Waals surface area (Å²) in [4.78, 5) is 7.07.